The van der Waals surface area contributed by atoms with Crippen LogP contribution in [0.1, 0.15) is 36.4 Å². The van der Waals surface area contributed by atoms with Crippen LogP contribution in [0.5, 0.6) is 0 Å². The highest BCUT2D eigenvalue weighted by atomic mass is 15.0. The normalized spacial score (nSPS) is 35.9. The van der Waals surface area contributed by atoms with Crippen LogP contribution in [0.25, 0.3) is 0 Å². The summed E-state index contributed by atoms with van der Waals surface area (Å²) in [6.45, 7) is 3.58. The fourth-order valence-corrected chi connectivity index (χ4v) is 2.81. The lowest BCUT2D eigenvalue weighted by molar-refractivity contribution is 0.193. The molecule has 0 saturated carbocycles. The molecule has 3 rings (SSSR count). The van der Waals surface area contributed by atoms with E-state index < -0.39 is 0 Å². The fourth-order valence-electron chi connectivity index (χ4n) is 2.81. The minimum Gasteiger partial charge on any atom is -0.309 e. The van der Waals surface area contributed by atoms with Crippen LogP contribution in [0.15, 0.2) is 24.3 Å². The van der Waals surface area contributed by atoms with E-state index in [0.29, 0.717) is 6.04 Å². The van der Waals surface area contributed by atoms with Gasteiger partial charge in [-0.25, -0.2) is 0 Å². The summed E-state index contributed by atoms with van der Waals surface area (Å²) in [7, 11) is 0. The summed E-state index contributed by atoms with van der Waals surface area (Å²) in [5.74, 6) is 1.67. The van der Waals surface area contributed by atoms with Crippen LogP contribution in [0.3, 0.4) is 0 Å². The molecule has 2 aliphatic rings. The smallest absolute Gasteiger partial charge is 0.0363 e. The van der Waals surface area contributed by atoms with Crippen molar-refractivity contribution in [1.29, 1.82) is 0 Å². The number of nitrogens with one attached hydrogen (secondary N) is 1. The van der Waals surface area contributed by atoms with Crippen molar-refractivity contribution >= 4 is 0 Å². The summed E-state index contributed by atoms with van der Waals surface area (Å²) in [4.78, 5) is 0. The van der Waals surface area contributed by atoms with Gasteiger partial charge in [0.1, 0.15) is 0 Å². The minimum atomic E-state index is 0.674. The fraction of sp³-hybridized carbons (Fsp3) is 0.500. The summed E-state index contributed by atoms with van der Waals surface area (Å²) < 4.78 is 0. The Balaban J connectivity index is 2.10. The Morgan fingerprint density at radius 1 is 1.23 bits per heavy atom. The van der Waals surface area contributed by atoms with E-state index in [1.165, 1.54) is 13.0 Å². The standard InChI is InChI=1S/C12H15N/c1-8-6-9-7-13-12(9)11-5-3-2-4-10(8)11/h2-5,8-9,12-13H,6-7H2,1H3. The van der Waals surface area contributed by atoms with Gasteiger partial charge in [-0.2, -0.15) is 0 Å². The van der Waals surface area contributed by atoms with Gasteiger partial charge in [-0.15, -0.1) is 0 Å². The van der Waals surface area contributed by atoms with Crippen LogP contribution in [-0.4, -0.2) is 6.54 Å². The first-order valence-electron chi connectivity index (χ1n) is 5.18. The summed E-state index contributed by atoms with van der Waals surface area (Å²) in [5, 5.41) is 3.52. The van der Waals surface area contributed by atoms with Gasteiger partial charge in [-0.1, -0.05) is 31.2 Å². The maximum Gasteiger partial charge on any atom is 0.0363 e. The molecule has 0 spiro atoms. The molecule has 1 aromatic carbocycles. The summed E-state index contributed by atoms with van der Waals surface area (Å²) in [5.41, 5.74) is 3.12. The highest BCUT2D eigenvalue weighted by molar-refractivity contribution is 5.37. The summed E-state index contributed by atoms with van der Waals surface area (Å²) in [6, 6.07) is 9.57. The van der Waals surface area contributed by atoms with Gasteiger partial charge in [0.05, 0.1) is 0 Å². The van der Waals surface area contributed by atoms with Crippen LogP contribution in [0.4, 0.5) is 0 Å². The molecule has 1 fully saturated rings. The molecule has 0 bridgehead atoms. The third-order valence-corrected chi connectivity index (χ3v) is 3.59. The molecule has 0 amide bonds. The molecule has 3 unspecified atom stereocenters. The number of benzene rings is 1. The van der Waals surface area contributed by atoms with Crippen molar-refractivity contribution in [3.8, 4) is 0 Å². The third kappa shape index (κ3) is 0.969. The van der Waals surface area contributed by atoms with Gasteiger partial charge < -0.3 is 5.32 Å². The SMILES string of the molecule is CC1CC2CNC2c2ccccc21. The van der Waals surface area contributed by atoms with Crippen molar-refractivity contribution in [2.45, 2.75) is 25.3 Å². The Morgan fingerprint density at radius 2 is 2.00 bits per heavy atom. The molecule has 1 heterocycles. The zero-order chi connectivity index (χ0) is 8.84. The molecule has 1 N–H and O–H groups in total. The topological polar surface area (TPSA) is 12.0 Å². The number of hydrogen-bond acceptors (Lipinski definition) is 1. The van der Waals surface area contributed by atoms with Gasteiger partial charge >= 0.3 is 0 Å². The lowest BCUT2D eigenvalue weighted by Gasteiger charge is -2.45. The minimum absolute atomic E-state index is 0.674. The van der Waals surface area contributed by atoms with Crippen molar-refractivity contribution in [2.24, 2.45) is 5.92 Å². The Hall–Kier alpha value is -0.820. The van der Waals surface area contributed by atoms with Gasteiger partial charge in [-0.3, -0.25) is 0 Å². The lowest BCUT2D eigenvalue weighted by Crippen LogP contribution is -2.48. The monoisotopic (exact) mass is 173 g/mol. The van der Waals surface area contributed by atoms with Gasteiger partial charge in [0.25, 0.3) is 0 Å². The van der Waals surface area contributed by atoms with E-state index >= 15 is 0 Å². The average Bonchev–Trinajstić information content (AvgIpc) is 2.11. The van der Waals surface area contributed by atoms with Crippen molar-refractivity contribution in [3.63, 3.8) is 0 Å². The van der Waals surface area contributed by atoms with Crippen LogP contribution >= 0.6 is 0 Å². The molecule has 0 radical (unpaired) electrons. The van der Waals surface area contributed by atoms with E-state index in [-0.39, 0.29) is 0 Å². The Bertz CT molecular complexity index is 332. The molecule has 68 valence electrons. The zero-order valence-corrected chi connectivity index (χ0v) is 7.96. The highest BCUT2D eigenvalue weighted by Crippen LogP contribution is 2.44. The van der Waals surface area contributed by atoms with Gasteiger partial charge in [0.2, 0.25) is 0 Å². The Kier molecular flexibility index (Phi) is 1.50. The largest absolute Gasteiger partial charge is 0.309 e. The second kappa shape index (κ2) is 2.58. The molecular formula is C12H15N. The van der Waals surface area contributed by atoms with E-state index in [0.717, 1.165) is 11.8 Å². The molecule has 1 aromatic rings. The van der Waals surface area contributed by atoms with Crippen LogP contribution in [0.2, 0.25) is 0 Å². The quantitative estimate of drug-likeness (QED) is 0.635. The average molecular weight is 173 g/mol. The second-order valence-corrected chi connectivity index (χ2v) is 4.41. The van der Waals surface area contributed by atoms with Gasteiger partial charge in [0.15, 0.2) is 0 Å². The highest BCUT2D eigenvalue weighted by Gasteiger charge is 2.38. The first kappa shape index (κ1) is 7.57. The van der Waals surface area contributed by atoms with Crippen molar-refractivity contribution in [1.82, 2.24) is 5.32 Å². The van der Waals surface area contributed by atoms with E-state index in [9.17, 15) is 0 Å². The number of rotatable bonds is 0. The Labute approximate surface area is 79.2 Å². The predicted octanol–water partition coefficient (Wildman–Crippen LogP) is 2.45. The van der Waals surface area contributed by atoms with Gasteiger partial charge in [0, 0.05) is 12.6 Å². The number of fused-ring (bicyclic) bond motifs is 3. The molecule has 1 saturated heterocycles. The third-order valence-electron chi connectivity index (χ3n) is 3.59. The Morgan fingerprint density at radius 3 is 2.69 bits per heavy atom. The van der Waals surface area contributed by atoms with E-state index in [4.69, 9.17) is 0 Å². The molecule has 13 heavy (non-hydrogen) atoms. The molecular weight excluding hydrogens is 158 g/mol. The molecule has 1 aliphatic carbocycles. The van der Waals surface area contributed by atoms with E-state index in [1.54, 1.807) is 11.1 Å². The molecule has 1 heteroatoms. The zero-order valence-electron chi connectivity index (χ0n) is 7.96. The summed E-state index contributed by atoms with van der Waals surface area (Å²) >= 11 is 0. The lowest BCUT2D eigenvalue weighted by atomic mass is 9.71. The maximum absolute atomic E-state index is 3.52. The first-order chi connectivity index (χ1) is 6.36. The molecule has 1 aliphatic heterocycles. The molecule has 1 nitrogen and oxygen atoms in total. The van der Waals surface area contributed by atoms with Crippen LogP contribution in [0, 0.1) is 5.92 Å². The predicted molar refractivity (Wildman–Crippen MR) is 53.7 cm³/mol. The van der Waals surface area contributed by atoms with Crippen molar-refractivity contribution in [3.05, 3.63) is 35.4 Å². The second-order valence-electron chi connectivity index (χ2n) is 4.41. The molecule has 0 aromatic heterocycles. The van der Waals surface area contributed by atoms with Gasteiger partial charge in [-0.05, 0) is 29.4 Å². The van der Waals surface area contributed by atoms with E-state index in [1.807, 2.05) is 0 Å². The van der Waals surface area contributed by atoms with Crippen LogP contribution in [-0.2, 0) is 0 Å². The molecule has 3 atom stereocenters. The van der Waals surface area contributed by atoms with Crippen molar-refractivity contribution in [2.75, 3.05) is 6.54 Å². The van der Waals surface area contributed by atoms with Crippen molar-refractivity contribution < 1.29 is 0 Å². The summed E-state index contributed by atoms with van der Waals surface area (Å²) in [6.07, 6.45) is 1.37. The number of hydrogen-bond donors (Lipinski definition) is 1. The maximum atomic E-state index is 3.52. The first-order valence-corrected chi connectivity index (χ1v) is 5.18. The van der Waals surface area contributed by atoms with Crippen LogP contribution < -0.4 is 5.32 Å². The van der Waals surface area contributed by atoms with E-state index in [2.05, 4.69) is 36.5 Å².